The van der Waals surface area contributed by atoms with Crippen molar-refractivity contribution < 1.29 is 23.6 Å². The lowest BCUT2D eigenvalue weighted by Gasteiger charge is -2.13. The summed E-state index contributed by atoms with van der Waals surface area (Å²) in [5.41, 5.74) is 0. The molecule has 0 saturated heterocycles. The van der Waals surface area contributed by atoms with E-state index in [0.717, 1.165) is 22.2 Å². The average molecular weight is 333 g/mol. The Morgan fingerprint density at radius 2 is 1.88 bits per heavy atom. The van der Waals surface area contributed by atoms with Crippen LogP contribution in [-0.2, 0) is 11.3 Å². The third-order valence-electron chi connectivity index (χ3n) is 3.35. The highest BCUT2D eigenvalue weighted by atomic mass is 16.5. The second kappa shape index (κ2) is 9.62. The van der Waals surface area contributed by atoms with Gasteiger partial charge in [0.15, 0.2) is 12.3 Å². The summed E-state index contributed by atoms with van der Waals surface area (Å²) in [4.78, 5) is 12.9. The fourth-order valence-corrected chi connectivity index (χ4v) is 2.27. The predicted molar refractivity (Wildman–Crippen MR) is 90.3 cm³/mol. The molecule has 24 heavy (non-hydrogen) atoms. The van der Waals surface area contributed by atoms with Gasteiger partial charge in [-0.2, -0.15) is 0 Å². The lowest BCUT2D eigenvalue weighted by molar-refractivity contribution is -0.886. The van der Waals surface area contributed by atoms with Crippen molar-refractivity contribution in [3.63, 3.8) is 0 Å². The van der Waals surface area contributed by atoms with Crippen LogP contribution >= 0.6 is 0 Å². The molecule has 2 aromatic rings. The standard InChI is InChI=1S/C18H24N2O4/c1-3-22-15-6-8-16(9-7-15)24-12-10-19-18(21)14-20(2)13-17-5-4-11-23-17/h4-9,11H,3,10,12-14H2,1-2H3,(H,19,21)/p+1. The molecule has 0 fully saturated rings. The van der Waals surface area contributed by atoms with Gasteiger partial charge in [-0.1, -0.05) is 0 Å². The molecule has 1 aromatic carbocycles. The summed E-state index contributed by atoms with van der Waals surface area (Å²) in [6.07, 6.45) is 1.64. The molecule has 6 nitrogen and oxygen atoms in total. The van der Waals surface area contributed by atoms with Crippen molar-refractivity contribution >= 4 is 5.91 Å². The van der Waals surface area contributed by atoms with Crippen LogP contribution in [0.4, 0.5) is 0 Å². The zero-order chi connectivity index (χ0) is 17.2. The van der Waals surface area contributed by atoms with Gasteiger partial charge < -0.3 is 24.1 Å². The van der Waals surface area contributed by atoms with Gasteiger partial charge in [0.25, 0.3) is 5.91 Å². The van der Waals surface area contributed by atoms with Crippen LogP contribution in [0.1, 0.15) is 12.7 Å². The summed E-state index contributed by atoms with van der Waals surface area (Å²) in [5, 5.41) is 2.86. The third kappa shape index (κ3) is 6.34. The molecule has 2 N–H and O–H groups in total. The third-order valence-corrected chi connectivity index (χ3v) is 3.35. The van der Waals surface area contributed by atoms with Gasteiger partial charge in [0.2, 0.25) is 0 Å². The molecule has 0 aliphatic heterocycles. The highest BCUT2D eigenvalue weighted by molar-refractivity contribution is 5.76. The van der Waals surface area contributed by atoms with E-state index in [1.54, 1.807) is 6.26 Å². The highest BCUT2D eigenvalue weighted by Crippen LogP contribution is 2.17. The maximum atomic E-state index is 11.9. The van der Waals surface area contributed by atoms with Gasteiger partial charge in [-0.15, -0.1) is 0 Å². The maximum Gasteiger partial charge on any atom is 0.275 e. The van der Waals surface area contributed by atoms with Crippen LogP contribution in [0, 0.1) is 0 Å². The minimum Gasteiger partial charge on any atom is -0.494 e. The Labute approximate surface area is 142 Å². The monoisotopic (exact) mass is 333 g/mol. The summed E-state index contributed by atoms with van der Waals surface area (Å²) >= 11 is 0. The van der Waals surface area contributed by atoms with Crippen LogP contribution in [0.25, 0.3) is 0 Å². The Morgan fingerprint density at radius 1 is 1.17 bits per heavy atom. The van der Waals surface area contributed by atoms with E-state index in [2.05, 4.69) is 5.32 Å². The second-order valence-electron chi connectivity index (χ2n) is 5.49. The summed E-state index contributed by atoms with van der Waals surface area (Å²) in [6, 6.07) is 11.2. The average Bonchev–Trinajstić information content (AvgIpc) is 3.06. The SMILES string of the molecule is CCOc1ccc(OCCNC(=O)C[NH+](C)Cc2ccco2)cc1. The fraction of sp³-hybridized carbons (Fsp3) is 0.389. The number of carbonyl (C=O) groups excluding carboxylic acids is 1. The molecule has 130 valence electrons. The van der Waals surface area contributed by atoms with E-state index in [-0.39, 0.29) is 5.91 Å². The lowest BCUT2D eigenvalue weighted by Crippen LogP contribution is -3.08. The first-order valence-corrected chi connectivity index (χ1v) is 8.13. The number of hydrogen-bond donors (Lipinski definition) is 2. The fourth-order valence-electron chi connectivity index (χ4n) is 2.27. The Bertz CT molecular complexity index is 596. The molecular formula is C18H25N2O4+. The number of likely N-dealkylation sites (N-methyl/N-ethyl adjacent to an activating group) is 1. The van der Waals surface area contributed by atoms with Gasteiger partial charge in [0, 0.05) is 0 Å². The summed E-state index contributed by atoms with van der Waals surface area (Å²) in [6.45, 7) is 4.56. The van der Waals surface area contributed by atoms with E-state index in [1.165, 1.54) is 0 Å². The van der Waals surface area contributed by atoms with E-state index in [1.807, 2.05) is 50.4 Å². The van der Waals surface area contributed by atoms with Crippen molar-refractivity contribution in [3.05, 3.63) is 48.4 Å². The Morgan fingerprint density at radius 3 is 2.50 bits per heavy atom. The van der Waals surface area contributed by atoms with Crippen LogP contribution in [0.3, 0.4) is 0 Å². The summed E-state index contributed by atoms with van der Waals surface area (Å²) in [5.74, 6) is 2.45. The lowest BCUT2D eigenvalue weighted by atomic mass is 10.3. The number of nitrogens with one attached hydrogen (secondary N) is 2. The zero-order valence-electron chi connectivity index (χ0n) is 14.2. The minimum atomic E-state index is -0.00523. The molecular weight excluding hydrogens is 308 g/mol. The molecule has 0 radical (unpaired) electrons. The number of benzene rings is 1. The molecule has 0 aliphatic rings. The smallest absolute Gasteiger partial charge is 0.275 e. The summed E-state index contributed by atoms with van der Waals surface area (Å²) in [7, 11) is 1.96. The van der Waals surface area contributed by atoms with E-state index in [9.17, 15) is 4.79 Å². The zero-order valence-corrected chi connectivity index (χ0v) is 14.2. The normalized spacial score (nSPS) is 11.8. The van der Waals surface area contributed by atoms with E-state index < -0.39 is 0 Å². The number of furan rings is 1. The van der Waals surface area contributed by atoms with E-state index in [0.29, 0.717) is 32.8 Å². The second-order valence-corrected chi connectivity index (χ2v) is 5.49. The van der Waals surface area contributed by atoms with Gasteiger partial charge in [0.1, 0.15) is 24.7 Å². The van der Waals surface area contributed by atoms with E-state index in [4.69, 9.17) is 13.9 Å². The molecule has 2 rings (SSSR count). The Kier molecular flexibility index (Phi) is 7.17. The topological polar surface area (TPSA) is 65.1 Å². The van der Waals surface area contributed by atoms with Gasteiger partial charge in [-0.25, -0.2) is 0 Å². The molecule has 1 aromatic heterocycles. The molecule has 1 heterocycles. The molecule has 1 unspecified atom stereocenters. The minimum absolute atomic E-state index is 0.00523. The van der Waals surface area contributed by atoms with Crippen molar-refractivity contribution in [1.82, 2.24) is 5.32 Å². The van der Waals surface area contributed by atoms with E-state index >= 15 is 0 Å². The van der Waals surface area contributed by atoms with Crippen molar-refractivity contribution in [1.29, 1.82) is 0 Å². The molecule has 0 saturated carbocycles. The van der Waals surface area contributed by atoms with Crippen LogP contribution in [-0.4, -0.2) is 39.3 Å². The molecule has 6 heteroatoms. The van der Waals surface area contributed by atoms with Crippen LogP contribution < -0.4 is 19.7 Å². The van der Waals surface area contributed by atoms with Crippen molar-refractivity contribution in [2.24, 2.45) is 0 Å². The van der Waals surface area contributed by atoms with Gasteiger partial charge in [0.05, 0.1) is 26.5 Å². The number of quaternary nitrogens is 1. The highest BCUT2D eigenvalue weighted by Gasteiger charge is 2.11. The molecule has 1 atom stereocenters. The number of hydrogen-bond acceptors (Lipinski definition) is 4. The predicted octanol–water partition coefficient (Wildman–Crippen LogP) is 0.888. The molecule has 0 bridgehead atoms. The number of amides is 1. The summed E-state index contributed by atoms with van der Waals surface area (Å²) < 4.78 is 16.2. The van der Waals surface area contributed by atoms with Gasteiger partial charge in [-0.05, 0) is 43.3 Å². The number of rotatable bonds is 10. The Balaban J connectivity index is 1.60. The van der Waals surface area contributed by atoms with Gasteiger partial charge in [-0.3, -0.25) is 4.79 Å². The molecule has 0 spiro atoms. The van der Waals surface area contributed by atoms with Crippen molar-refractivity contribution in [3.8, 4) is 11.5 Å². The first-order valence-electron chi connectivity index (χ1n) is 8.13. The van der Waals surface area contributed by atoms with Crippen LogP contribution in [0.2, 0.25) is 0 Å². The quantitative estimate of drug-likeness (QED) is 0.634. The largest absolute Gasteiger partial charge is 0.494 e. The van der Waals surface area contributed by atoms with Crippen LogP contribution in [0.15, 0.2) is 47.1 Å². The molecule has 0 aliphatic carbocycles. The first kappa shape index (κ1) is 17.9. The first-order chi connectivity index (χ1) is 11.7. The van der Waals surface area contributed by atoms with Gasteiger partial charge >= 0.3 is 0 Å². The van der Waals surface area contributed by atoms with Crippen molar-refractivity contribution in [2.75, 3.05) is 33.4 Å². The Hall–Kier alpha value is -2.47. The van der Waals surface area contributed by atoms with Crippen molar-refractivity contribution in [2.45, 2.75) is 13.5 Å². The number of carbonyl (C=O) groups is 1. The molecule has 1 amide bonds. The van der Waals surface area contributed by atoms with Crippen LogP contribution in [0.5, 0.6) is 11.5 Å². The maximum absolute atomic E-state index is 11.9. The number of ether oxygens (including phenoxy) is 2.